The minimum atomic E-state index is 0.676. The van der Waals surface area contributed by atoms with Gasteiger partial charge in [-0.15, -0.1) is 0 Å². The van der Waals surface area contributed by atoms with Gasteiger partial charge in [-0.3, -0.25) is 0 Å². The van der Waals surface area contributed by atoms with Crippen LogP contribution in [0.5, 0.6) is 0 Å². The Morgan fingerprint density at radius 1 is 1.44 bits per heavy atom. The molecule has 2 nitrogen and oxygen atoms in total. The number of nitrogens with one attached hydrogen (secondary N) is 1. The van der Waals surface area contributed by atoms with Gasteiger partial charge >= 0.3 is 0 Å². The van der Waals surface area contributed by atoms with Gasteiger partial charge in [0.1, 0.15) is 0 Å². The van der Waals surface area contributed by atoms with Gasteiger partial charge in [0.2, 0.25) is 0 Å². The third kappa shape index (κ3) is 5.64. The summed E-state index contributed by atoms with van der Waals surface area (Å²) in [5.74, 6) is 1.43. The van der Waals surface area contributed by atoms with Crippen molar-refractivity contribution >= 4 is 11.3 Å². The maximum Gasteiger partial charge on any atom is 0.0213 e. The van der Waals surface area contributed by atoms with Gasteiger partial charge in [0.05, 0.1) is 0 Å². The quantitative estimate of drug-likeness (QED) is 0.686. The molecule has 0 bridgehead atoms. The molecule has 1 aromatic heterocycles. The van der Waals surface area contributed by atoms with E-state index in [1.54, 1.807) is 11.3 Å². The van der Waals surface area contributed by atoms with Crippen molar-refractivity contribution in [1.29, 1.82) is 0 Å². The lowest BCUT2D eigenvalue weighted by atomic mass is 9.94. The predicted octanol–water partition coefficient (Wildman–Crippen LogP) is 2.85. The molecule has 0 spiro atoms. The lowest BCUT2D eigenvalue weighted by Gasteiger charge is -2.17. The van der Waals surface area contributed by atoms with Crippen LogP contribution in [0.2, 0.25) is 0 Å². The SMILES string of the molecule is CC(C)CC(CN)CCNCc1ccsc1. The Labute approximate surface area is 103 Å². The summed E-state index contributed by atoms with van der Waals surface area (Å²) < 4.78 is 0. The van der Waals surface area contributed by atoms with Crippen LogP contribution in [0.4, 0.5) is 0 Å². The first-order valence-corrected chi connectivity index (χ1v) is 7.08. The average Bonchev–Trinajstić information content (AvgIpc) is 2.74. The van der Waals surface area contributed by atoms with Crippen LogP contribution in [0, 0.1) is 11.8 Å². The van der Waals surface area contributed by atoms with E-state index < -0.39 is 0 Å². The second-order valence-electron chi connectivity index (χ2n) is 4.83. The Balaban J connectivity index is 2.09. The van der Waals surface area contributed by atoms with Gasteiger partial charge in [-0.1, -0.05) is 13.8 Å². The molecule has 0 aliphatic heterocycles. The fourth-order valence-electron chi connectivity index (χ4n) is 1.93. The number of hydrogen-bond donors (Lipinski definition) is 2. The van der Waals surface area contributed by atoms with Crippen LogP contribution >= 0.6 is 11.3 Å². The third-order valence-electron chi connectivity index (χ3n) is 2.78. The van der Waals surface area contributed by atoms with Crippen molar-refractivity contribution in [3.8, 4) is 0 Å². The van der Waals surface area contributed by atoms with E-state index in [2.05, 4.69) is 36.0 Å². The zero-order chi connectivity index (χ0) is 11.8. The van der Waals surface area contributed by atoms with Crippen molar-refractivity contribution in [1.82, 2.24) is 5.32 Å². The highest BCUT2D eigenvalue weighted by Crippen LogP contribution is 2.13. The van der Waals surface area contributed by atoms with Crippen LogP contribution in [0.15, 0.2) is 16.8 Å². The van der Waals surface area contributed by atoms with Crippen LogP contribution in [-0.4, -0.2) is 13.1 Å². The molecule has 3 heteroatoms. The normalized spacial score (nSPS) is 13.2. The maximum absolute atomic E-state index is 5.77. The molecule has 0 saturated carbocycles. The third-order valence-corrected chi connectivity index (χ3v) is 3.51. The number of hydrogen-bond acceptors (Lipinski definition) is 3. The smallest absolute Gasteiger partial charge is 0.0213 e. The summed E-state index contributed by atoms with van der Waals surface area (Å²) in [5.41, 5.74) is 7.16. The second kappa shape index (κ2) is 7.82. The van der Waals surface area contributed by atoms with E-state index in [1.165, 1.54) is 18.4 Å². The number of rotatable bonds is 8. The first-order chi connectivity index (χ1) is 7.72. The molecular formula is C13H24N2S. The van der Waals surface area contributed by atoms with Gasteiger partial charge in [-0.2, -0.15) is 11.3 Å². The minimum absolute atomic E-state index is 0.676. The van der Waals surface area contributed by atoms with E-state index in [-0.39, 0.29) is 0 Å². The van der Waals surface area contributed by atoms with Gasteiger partial charge in [0.15, 0.2) is 0 Å². The van der Waals surface area contributed by atoms with Gasteiger partial charge in [0.25, 0.3) is 0 Å². The topological polar surface area (TPSA) is 38.0 Å². The number of thiophene rings is 1. The summed E-state index contributed by atoms with van der Waals surface area (Å²) in [4.78, 5) is 0. The average molecular weight is 240 g/mol. The predicted molar refractivity (Wildman–Crippen MR) is 72.6 cm³/mol. The summed E-state index contributed by atoms with van der Waals surface area (Å²) in [7, 11) is 0. The van der Waals surface area contributed by atoms with Crippen molar-refractivity contribution in [2.75, 3.05) is 13.1 Å². The Morgan fingerprint density at radius 3 is 2.81 bits per heavy atom. The minimum Gasteiger partial charge on any atom is -0.330 e. The first-order valence-electron chi connectivity index (χ1n) is 6.14. The summed E-state index contributed by atoms with van der Waals surface area (Å²) in [5, 5.41) is 7.80. The molecule has 0 amide bonds. The van der Waals surface area contributed by atoms with Crippen molar-refractivity contribution < 1.29 is 0 Å². The van der Waals surface area contributed by atoms with Crippen molar-refractivity contribution in [2.45, 2.75) is 33.2 Å². The summed E-state index contributed by atoms with van der Waals surface area (Å²) in [6, 6.07) is 2.17. The Morgan fingerprint density at radius 2 is 2.25 bits per heavy atom. The molecule has 1 unspecified atom stereocenters. The second-order valence-corrected chi connectivity index (χ2v) is 5.61. The van der Waals surface area contributed by atoms with E-state index >= 15 is 0 Å². The zero-order valence-corrected chi connectivity index (χ0v) is 11.2. The molecule has 0 radical (unpaired) electrons. The fourth-order valence-corrected chi connectivity index (χ4v) is 2.60. The molecule has 1 rings (SSSR count). The highest BCUT2D eigenvalue weighted by Gasteiger charge is 2.08. The Kier molecular flexibility index (Phi) is 6.69. The molecule has 0 aliphatic rings. The lowest BCUT2D eigenvalue weighted by molar-refractivity contribution is 0.385. The van der Waals surface area contributed by atoms with Crippen molar-refractivity contribution in [3.63, 3.8) is 0 Å². The summed E-state index contributed by atoms with van der Waals surface area (Å²) in [6.45, 7) is 7.41. The largest absolute Gasteiger partial charge is 0.330 e. The van der Waals surface area contributed by atoms with Crippen LogP contribution in [0.25, 0.3) is 0 Å². The van der Waals surface area contributed by atoms with Gasteiger partial charge in [-0.05, 0) is 60.2 Å². The van der Waals surface area contributed by atoms with E-state index in [9.17, 15) is 0 Å². The fraction of sp³-hybridized carbons (Fsp3) is 0.692. The van der Waals surface area contributed by atoms with Gasteiger partial charge in [-0.25, -0.2) is 0 Å². The van der Waals surface area contributed by atoms with Crippen LogP contribution < -0.4 is 11.1 Å². The zero-order valence-electron chi connectivity index (χ0n) is 10.4. The molecular weight excluding hydrogens is 216 g/mol. The van der Waals surface area contributed by atoms with Gasteiger partial charge < -0.3 is 11.1 Å². The molecule has 0 fully saturated rings. The summed E-state index contributed by atoms with van der Waals surface area (Å²) in [6.07, 6.45) is 2.44. The van der Waals surface area contributed by atoms with Crippen LogP contribution in [0.1, 0.15) is 32.3 Å². The van der Waals surface area contributed by atoms with E-state index in [1.807, 2.05) is 0 Å². The lowest BCUT2D eigenvalue weighted by Crippen LogP contribution is -2.23. The van der Waals surface area contributed by atoms with Crippen LogP contribution in [0.3, 0.4) is 0 Å². The number of nitrogens with two attached hydrogens (primary N) is 1. The van der Waals surface area contributed by atoms with Crippen molar-refractivity contribution in [2.24, 2.45) is 17.6 Å². The van der Waals surface area contributed by atoms with Gasteiger partial charge in [0, 0.05) is 6.54 Å². The monoisotopic (exact) mass is 240 g/mol. The standard InChI is InChI=1S/C13H24N2S/c1-11(2)7-12(8-14)3-5-15-9-13-4-6-16-10-13/h4,6,10-12,15H,3,5,7-9,14H2,1-2H3. The molecule has 1 atom stereocenters. The maximum atomic E-state index is 5.77. The highest BCUT2D eigenvalue weighted by molar-refractivity contribution is 7.07. The molecule has 0 saturated heterocycles. The molecule has 92 valence electrons. The molecule has 0 aliphatic carbocycles. The molecule has 1 aromatic rings. The molecule has 16 heavy (non-hydrogen) atoms. The summed E-state index contributed by atoms with van der Waals surface area (Å²) >= 11 is 1.76. The Hall–Kier alpha value is -0.380. The van der Waals surface area contributed by atoms with Crippen LogP contribution in [-0.2, 0) is 6.54 Å². The van der Waals surface area contributed by atoms with E-state index in [0.717, 1.165) is 25.6 Å². The highest BCUT2D eigenvalue weighted by atomic mass is 32.1. The molecule has 0 aromatic carbocycles. The van der Waals surface area contributed by atoms with E-state index in [4.69, 9.17) is 5.73 Å². The van der Waals surface area contributed by atoms with E-state index in [0.29, 0.717) is 5.92 Å². The Bertz CT molecular complexity index is 257. The first kappa shape index (κ1) is 13.7. The van der Waals surface area contributed by atoms with Crippen molar-refractivity contribution in [3.05, 3.63) is 22.4 Å². The molecule has 3 N–H and O–H groups in total. The molecule has 1 heterocycles.